The van der Waals surface area contributed by atoms with Crippen molar-refractivity contribution in [1.29, 1.82) is 0 Å². The van der Waals surface area contributed by atoms with E-state index in [1.807, 2.05) is 0 Å². The molecule has 0 aromatic heterocycles. The molecule has 2 rings (SSSR count). The highest BCUT2D eigenvalue weighted by molar-refractivity contribution is 6.58. The van der Waals surface area contributed by atoms with Gasteiger partial charge in [-0.05, 0) is 37.0 Å². The van der Waals surface area contributed by atoms with Crippen molar-refractivity contribution in [1.82, 2.24) is 5.32 Å². The molecule has 0 aliphatic heterocycles. The van der Waals surface area contributed by atoms with E-state index in [2.05, 4.69) is 5.32 Å². The van der Waals surface area contributed by atoms with E-state index < -0.39 is 30.8 Å². The Morgan fingerprint density at radius 1 is 1.03 bits per heavy atom. The third-order valence-corrected chi connectivity index (χ3v) is 4.70. The fourth-order valence-electron chi connectivity index (χ4n) is 2.88. The molecule has 10 heteroatoms. The highest BCUT2D eigenvalue weighted by atomic mass is 16.6. The second-order valence-electron chi connectivity index (χ2n) is 7.36. The van der Waals surface area contributed by atoms with Gasteiger partial charge in [-0.3, -0.25) is 0 Å². The number of nitrogens with one attached hydrogen (secondary N) is 1. The van der Waals surface area contributed by atoms with Crippen molar-refractivity contribution >= 4 is 24.6 Å². The summed E-state index contributed by atoms with van der Waals surface area (Å²) in [5.41, 5.74) is 0.365. The molecule has 0 unspecified atom stereocenters. The number of carbonyl (C=O) groups excluding carboxylic acids is 1. The number of carboxylic acid groups (broad SMARTS) is 1. The third-order valence-electron chi connectivity index (χ3n) is 4.70. The smallest absolute Gasteiger partial charge is 0.488 e. The van der Waals surface area contributed by atoms with Crippen LogP contribution in [0.3, 0.4) is 0 Å². The summed E-state index contributed by atoms with van der Waals surface area (Å²) >= 11 is 0. The predicted octanol–water partition coefficient (Wildman–Crippen LogP) is 1.04. The Morgan fingerprint density at radius 3 is 2.03 bits per heavy atom. The van der Waals surface area contributed by atoms with Gasteiger partial charge in [0.1, 0.15) is 23.1 Å². The van der Waals surface area contributed by atoms with Crippen LogP contribution < -0.4 is 20.3 Å². The number of hydrogen-bond donors (Lipinski definition) is 4. The summed E-state index contributed by atoms with van der Waals surface area (Å²) in [6.45, 7) is 3.32. The number of alkyl carbamates (subject to hydrolysis) is 1. The minimum atomic E-state index is -1.62. The van der Waals surface area contributed by atoms with Crippen LogP contribution in [0.25, 0.3) is 0 Å². The Kier molecular flexibility index (Phi) is 7.90. The molecular weight excluding hydrogens is 404 g/mol. The van der Waals surface area contributed by atoms with E-state index in [0.717, 1.165) is 0 Å². The Balaban J connectivity index is 2.11. The highest BCUT2D eigenvalue weighted by Gasteiger charge is 2.29. The van der Waals surface area contributed by atoms with Crippen LogP contribution in [0.2, 0.25) is 0 Å². The Morgan fingerprint density at radius 2 is 1.58 bits per heavy atom. The topological polar surface area (TPSA) is 135 Å². The van der Waals surface area contributed by atoms with Gasteiger partial charge in [0.05, 0.1) is 14.2 Å². The van der Waals surface area contributed by atoms with Crippen LogP contribution in [0, 0.1) is 0 Å². The van der Waals surface area contributed by atoms with Crippen LogP contribution >= 0.6 is 0 Å². The first-order valence-electron chi connectivity index (χ1n) is 9.46. The van der Waals surface area contributed by atoms with Gasteiger partial charge in [-0.1, -0.05) is 24.3 Å². The lowest BCUT2D eigenvalue weighted by molar-refractivity contribution is -0.139. The maximum absolute atomic E-state index is 12.5. The summed E-state index contributed by atoms with van der Waals surface area (Å²) in [6.07, 6.45) is -0.916. The number of aliphatic carboxylic acids is 1. The number of ether oxygens (including phenoxy) is 3. The molecule has 166 valence electrons. The molecule has 2 aromatic rings. The van der Waals surface area contributed by atoms with Crippen molar-refractivity contribution < 1.29 is 39.0 Å². The summed E-state index contributed by atoms with van der Waals surface area (Å²) in [6, 6.07) is 9.89. The molecule has 4 N–H and O–H groups in total. The van der Waals surface area contributed by atoms with Crippen LogP contribution in [-0.2, 0) is 21.6 Å². The molecule has 0 heterocycles. The lowest BCUT2D eigenvalue weighted by Crippen LogP contribution is -2.44. The Bertz CT molecular complexity index is 892. The molecule has 31 heavy (non-hydrogen) atoms. The maximum atomic E-state index is 12.5. The molecule has 0 spiro atoms. The summed E-state index contributed by atoms with van der Waals surface area (Å²) in [4.78, 5) is 24.1. The average molecular weight is 430 g/mol. The zero-order valence-corrected chi connectivity index (χ0v) is 17.8. The molecule has 0 aliphatic rings. The highest BCUT2D eigenvalue weighted by Crippen LogP contribution is 2.32. The minimum absolute atomic E-state index is 0.0142. The number of benzene rings is 2. The zero-order chi connectivity index (χ0) is 23.2. The first-order valence-corrected chi connectivity index (χ1v) is 9.46. The predicted molar refractivity (Wildman–Crippen MR) is 114 cm³/mol. The molecule has 0 saturated carbocycles. The number of hydrogen-bond acceptors (Lipinski definition) is 7. The largest absolute Gasteiger partial charge is 0.497 e. The molecule has 0 saturated heterocycles. The summed E-state index contributed by atoms with van der Waals surface area (Å²) in [5, 5.41) is 30.1. The molecule has 1 amide bonds. The molecule has 0 fully saturated rings. The van der Waals surface area contributed by atoms with Crippen molar-refractivity contribution in [3.05, 3.63) is 53.6 Å². The lowest BCUT2D eigenvalue weighted by Gasteiger charge is -2.27. The normalized spacial score (nSPS) is 11.9. The van der Waals surface area contributed by atoms with E-state index in [4.69, 9.17) is 24.3 Å². The lowest BCUT2D eigenvalue weighted by atomic mass is 9.26. The number of methoxy groups -OCH3 is 2. The standard InChI is InChI=1S/C21H26BNO8/c1-21(2,14-10-16(29-3)12-17(11-14)30-4)31-20(26)23-18(19(24)25)9-13-5-7-15(8-6-13)22(27)28/h5-8,10-12,18,27-28H,9H2,1-4H3,(H,23,26)(H,24,25)/t18-/m0/s1/i22-1. The molecule has 9 nitrogen and oxygen atoms in total. The molecule has 0 bridgehead atoms. The van der Waals surface area contributed by atoms with Gasteiger partial charge >= 0.3 is 19.2 Å². The zero-order valence-electron chi connectivity index (χ0n) is 17.8. The SMILES string of the molecule is COc1cc(OC)cc(C(C)(C)OC(=O)N[C@@H](Cc2ccc([10B](O)O)cc2)C(=O)O)c1. The maximum Gasteiger partial charge on any atom is 0.488 e. The quantitative estimate of drug-likeness (QED) is 0.434. The van der Waals surface area contributed by atoms with Crippen molar-refractivity contribution in [3.63, 3.8) is 0 Å². The monoisotopic (exact) mass is 430 g/mol. The number of carbonyl (C=O) groups is 2. The number of rotatable bonds is 9. The third kappa shape index (κ3) is 6.63. The van der Waals surface area contributed by atoms with Crippen molar-refractivity contribution in [3.8, 4) is 11.5 Å². The number of carboxylic acids is 1. The average Bonchev–Trinajstić information content (AvgIpc) is 2.72. The van der Waals surface area contributed by atoms with Crippen LogP contribution in [0.5, 0.6) is 11.5 Å². The van der Waals surface area contributed by atoms with Gasteiger partial charge in [-0.25, -0.2) is 9.59 Å². The number of amides is 1. The van der Waals surface area contributed by atoms with Gasteiger partial charge in [-0.2, -0.15) is 0 Å². The van der Waals surface area contributed by atoms with E-state index in [1.165, 1.54) is 26.4 Å². The molecule has 0 aliphatic carbocycles. The summed E-state index contributed by atoms with van der Waals surface area (Å²) in [7, 11) is 1.39. The van der Waals surface area contributed by atoms with Gasteiger partial charge in [-0.15, -0.1) is 0 Å². The fraction of sp³-hybridized carbons (Fsp3) is 0.333. The fourth-order valence-corrected chi connectivity index (χ4v) is 2.88. The van der Waals surface area contributed by atoms with Crippen molar-refractivity contribution in [2.75, 3.05) is 14.2 Å². The van der Waals surface area contributed by atoms with Gasteiger partial charge in [0.25, 0.3) is 0 Å². The molecule has 2 aromatic carbocycles. The second-order valence-corrected chi connectivity index (χ2v) is 7.36. The second kappa shape index (κ2) is 10.2. The van der Waals surface area contributed by atoms with E-state index in [-0.39, 0.29) is 11.9 Å². The van der Waals surface area contributed by atoms with Crippen LogP contribution in [0.15, 0.2) is 42.5 Å². The van der Waals surface area contributed by atoms with E-state index in [1.54, 1.807) is 44.2 Å². The summed E-state index contributed by atoms with van der Waals surface area (Å²) < 4.78 is 16.0. The molecular formula is C21H26BNO8. The van der Waals surface area contributed by atoms with Gasteiger partial charge in [0.2, 0.25) is 0 Å². The van der Waals surface area contributed by atoms with Crippen molar-refractivity contribution in [2.45, 2.75) is 31.9 Å². The van der Waals surface area contributed by atoms with Crippen LogP contribution in [-0.4, -0.2) is 54.6 Å². The molecule has 0 radical (unpaired) electrons. The van der Waals surface area contributed by atoms with E-state index in [9.17, 15) is 14.7 Å². The molecule has 1 atom stereocenters. The first-order chi connectivity index (χ1) is 14.6. The van der Waals surface area contributed by atoms with Gasteiger partial charge in [0.15, 0.2) is 0 Å². The summed E-state index contributed by atoms with van der Waals surface area (Å²) in [5.74, 6) is -0.193. The minimum Gasteiger partial charge on any atom is -0.497 e. The van der Waals surface area contributed by atoms with E-state index in [0.29, 0.717) is 22.6 Å². The Labute approximate surface area is 180 Å². The van der Waals surface area contributed by atoms with Gasteiger partial charge < -0.3 is 34.7 Å². The van der Waals surface area contributed by atoms with Crippen LogP contribution in [0.4, 0.5) is 4.79 Å². The van der Waals surface area contributed by atoms with E-state index >= 15 is 0 Å². The first kappa shape index (κ1) is 24.0. The Hall–Kier alpha value is -3.24. The van der Waals surface area contributed by atoms with Crippen LogP contribution in [0.1, 0.15) is 25.0 Å². The van der Waals surface area contributed by atoms with Crippen molar-refractivity contribution in [2.24, 2.45) is 0 Å². The van der Waals surface area contributed by atoms with Gasteiger partial charge in [0, 0.05) is 18.1 Å².